The van der Waals surface area contributed by atoms with Crippen LogP contribution in [0, 0.1) is 0 Å². The summed E-state index contributed by atoms with van der Waals surface area (Å²) >= 11 is 0. The van der Waals surface area contributed by atoms with E-state index in [1.165, 1.54) is 6.07 Å². The quantitative estimate of drug-likeness (QED) is 0.815. The normalized spacial score (nSPS) is 21.1. The average molecular weight is 230 g/mol. The minimum absolute atomic E-state index is 0.225. The topological polar surface area (TPSA) is 24.1 Å². The van der Waals surface area contributed by atoms with Crippen LogP contribution >= 0.6 is 0 Å². The number of rotatable bonds is 2. The molecule has 0 saturated carbocycles. The van der Waals surface area contributed by atoms with Gasteiger partial charge in [-0.1, -0.05) is 6.07 Å². The Labute approximate surface area is 91.8 Å². The third kappa shape index (κ3) is 2.66. The summed E-state index contributed by atoms with van der Waals surface area (Å²) in [5.41, 5.74) is -0.0769. The van der Waals surface area contributed by atoms with Crippen LogP contribution in [0.4, 0.5) is 18.9 Å². The Morgan fingerprint density at radius 3 is 2.75 bits per heavy atom. The molecule has 1 saturated heterocycles. The summed E-state index contributed by atoms with van der Waals surface area (Å²) in [5.74, 6) is 0. The van der Waals surface area contributed by atoms with Crippen LogP contribution in [-0.2, 0) is 6.18 Å². The van der Waals surface area contributed by atoms with Gasteiger partial charge in [0, 0.05) is 18.3 Å². The first-order chi connectivity index (χ1) is 7.55. The molecule has 2 N–H and O–H groups in total. The molecule has 0 aliphatic carbocycles. The maximum atomic E-state index is 12.4. The molecule has 0 unspecified atom stereocenters. The Morgan fingerprint density at radius 2 is 2.12 bits per heavy atom. The van der Waals surface area contributed by atoms with E-state index in [2.05, 4.69) is 10.6 Å². The van der Waals surface area contributed by atoms with E-state index in [0.29, 0.717) is 5.69 Å². The van der Waals surface area contributed by atoms with Gasteiger partial charge in [0.05, 0.1) is 5.56 Å². The van der Waals surface area contributed by atoms with E-state index in [9.17, 15) is 13.2 Å². The first-order valence-corrected chi connectivity index (χ1v) is 5.20. The van der Waals surface area contributed by atoms with E-state index >= 15 is 0 Å². The Bertz CT molecular complexity index is 356. The number of nitrogens with one attached hydrogen (secondary N) is 2. The van der Waals surface area contributed by atoms with Gasteiger partial charge in [0.1, 0.15) is 0 Å². The number of benzene rings is 1. The summed E-state index contributed by atoms with van der Waals surface area (Å²) in [5, 5.41) is 6.24. The third-order valence-corrected chi connectivity index (χ3v) is 2.62. The van der Waals surface area contributed by atoms with Crippen molar-refractivity contribution >= 4 is 5.69 Å². The maximum absolute atomic E-state index is 12.4. The van der Waals surface area contributed by atoms with Crippen molar-refractivity contribution in [2.24, 2.45) is 0 Å². The molecule has 5 heteroatoms. The van der Waals surface area contributed by atoms with Crippen LogP contribution in [0.1, 0.15) is 12.0 Å². The summed E-state index contributed by atoms with van der Waals surface area (Å²) in [7, 11) is 0. The second-order valence-corrected chi connectivity index (χ2v) is 3.91. The van der Waals surface area contributed by atoms with E-state index in [1.807, 2.05) is 0 Å². The molecule has 16 heavy (non-hydrogen) atoms. The average Bonchev–Trinajstić information content (AvgIpc) is 2.70. The van der Waals surface area contributed by atoms with Crippen LogP contribution < -0.4 is 10.6 Å². The molecule has 1 atom stereocenters. The number of hydrogen-bond acceptors (Lipinski definition) is 2. The fourth-order valence-corrected chi connectivity index (χ4v) is 1.80. The first kappa shape index (κ1) is 11.3. The van der Waals surface area contributed by atoms with Crippen LogP contribution in [0.3, 0.4) is 0 Å². The first-order valence-electron chi connectivity index (χ1n) is 5.20. The molecule has 88 valence electrons. The largest absolute Gasteiger partial charge is 0.416 e. The Kier molecular flexibility index (Phi) is 3.05. The smallest absolute Gasteiger partial charge is 0.381 e. The highest BCUT2D eigenvalue weighted by Gasteiger charge is 2.30. The molecule has 1 heterocycles. The molecule has 2 rings (SSSR count). The molecular formula is C11H13F3N2. The summed E-state index contributed by atoms with van der Waals surface area (Å²) in [4.78, 5) is 0. The van der Waals surface area contributed by atoms with Crippen LogP contribution in [0.5, 0.6) is 0 Å². The van der Waals surface area contributed by atoms with E-state index in [4.69, 9.17) is 0 Å². The Balaban J connectivity index is 2.09. The van der Waals surface area contributed by atoms with E-state index < -0.39 is 11.7 Å². The summed E-state index contributed by atoms with van der Waals surface area (Å²) in [6.07, 6.45) is -3.33. The Morgan fingerprint density at radius 1 is 1.31 bits per heavy atom. The lowest BCUT2D eigenvalue weighted by molar-refractivity contribution is -0.137. The second kappa shape index (κ2) is 4.33. The van der Waals surface area contributed by atoms with Crippen molar-refractivity contribution in [3.8, 4) is 0 Å². The molecule has 1 aromatic rings. The minimum atomic E-state index is -4.27. The standard InChI is InChI=1S/C11H13F3N2/c12-11(13,14)8-2-1-3-9(6-8)16-10-4-5-15-7-10/h1-3,6,10,15-16H,4-5,7H2/t10-/m1/s1. The van der Waals surface area contributed by atoms with Gasteiger partial charge >= 0.3 is 6.18 Å². The molecule has 1 aliphatic rings. The molecule has 1 fully saturated rings. The van der Waals surface area contributed by atoms with Gasteiger partial charge in [0.25, 0.3) is 0 Å². The van der Waals surface area contributed by atoms with Gasteiger partial charge in [0.2, 0.25) is 0 Å². The number of anilines is 1. The van der Waals surface area contributed by atoms with Crippen LogP contribution in [-0.4, -0.2) is 19.1 Å². The predicted octanol–water partition coefficient (Wildman–Crippen LogP) is 2.48. The highest BCUT2D eigenvalue weighted by molar-refractivity contribution is 5.47. The van der Waals surface area contributed by atoms with Crippen molar-refractivity contribution < 1.29 is 13.2 Å². The zero-order valence-corrected chi connectivity index (χ0v) is 8.64. The molecule has 0 radical (unpaired) electrons. The van der Waals surface area contributed by atoms with Crippen molar-refractivity contribution in [3.05, 3.63) is 29.8 Å². The third-order valence-electron chi connectivity index (χ3n) is 2.62. The highest BCUT2D eigenvalue weighted by Crippen LogP contribution is 2.30. The number of halogens is 3. The zero-order chi connectivity index (χ0) is 11.6. The monoisotopic (exact) mass is 230 g/mol. The lowest BCUT2D eigenvalue weighted by atomic mass is 10.1. The number of hydrogen-bond donors (Lipinski definition) is 2. The van der Waals surface area contributed by atoms with Crippen molar-refractivity contribution in [3.63, 3.8) is 0 Å². The zero-order valence-electron chi connectivity index (χ0n) is 8.64. The van der Waals surface area contributed by atoms with Gasteiger partial charge in [-0.2, -0.15) is 13.2 Å². The second-order valence-electron chi connectivity index (χ2n) is 3.91. The van der Waals surface area contributed by atoms with Gasteiger partial charge in [-0.05, 0) is 31.2 Å². The van der Waals surface area contributed by atoms with Crippen LogP contribution in [0.25, 0.3) is 0 Å². The van der Waals surface area contributed by atoms with Crippen molar-refractivity contribution in [1.82, 2.24) is 5.32 Å². The van der Waals surface area contributed by atoms with E-state index in [1.54, 1.807) is 6.07 Å². The van der Waals surface area contributed by atoms with Gasteiger partial charge in [-0.3, -0.25) is 0 Å². The fraction of sp³-hybridized carbons (Fsp3) is 0.455. The van der Waals surface area contributed by atoms with E-state index in [0.717, 1.165) is 31.6 Å². The predicted molar refractivity (Wildman–Crippen MR) is 56.3 cm³/mol. The summed E-state index contributed by atoms with van der Waals surface area (Å²) < 4.78 is 37.3. The van der Waals surface area contributed by atoms with Crippen molar-refractivity contribution in [2.45, 2.75) is 18.6 Å². The minimum Gasteiger partial charge on any atom is -0.381 e. The molecule has 2 nitrogen and oxygen atoms in total. The SMILES string of the molecule is FC(F)(F)c1cccc(N[C@@H]2CCNC2)c1. The lowest BCUT2D eigenvalue weighted by Crippen LogP contribution is -2.22. The summed E-state index contributed by atoms with van der Waals surface area (Å²) in [6.45, 7) is 1.72. The van der Waals surface area contributed by atoms with Crippen molar-refractivity contribution in [2.75, 3.05) is 18.4 Å². The van der Waals surface area contributed by atoms with Gasteiger partial charge in [0.15, 0.2) is 0 Å². The number of alkyl halides is 3. The molecule has 0 aromatic heterocycles. The van der Waals surface area contributed by atoms with Gasteiger partial charge in [-0.25, -0.2) is 0 Å². The van der Waals surface area contributed by atoms with Gasteiger partial charge < -0.3 is 10.6 Å². The van der Waals surface area contributed by atoms with Gasteiger partial charge in [-0.15, -0.1) is 0 Å². The molecule has 0 amide bonds. The van der Waals surface area contributed by atoms with Crippen molar-refractivity contribution in [1.29, 1.82) is 0 Å². The summed E-state index contributed by atoms with van der Waals surface area (Å²) in [6, 6.07) is 5.54. The highest BCUT2D eigenvalue weighted by atomic mass is 19.4. The molecule has 1 aliphatic heterocycles. The molecular weight excluding hydrogens is 217 g/mol. The molecule has 0 spiro atoms. The van der Waals surface area contributed by atoms with Crippen LogP contribution in [0.2, 0.25) is 0 Å². The van der Waals surface area contributed by atoms with Crippen LogP contribution in [0.15, 0.2) is 24.3 Å². The molecule has 0 bridgehead atoms. The van der Waals surface area contributed by atoms with E-state index in [-0.39, 0.29) is 6.04 Å². The fourth-order valence-electron chi connectivity index (χ4n) is 1.80. The lowest BCUT2D eigenvalue weighted by Gasteiger charge is -2.14. The Hall–Kier alpha value is -1.23. The molecule has 1 aromatic carbocycles. The maximum Gasteiger partial charge on any atom is 0.416 e.